The van der Waals surface area contributed by atoms with Gasteiger partial charge in [-0.25, -0.2) is 13.8 Å². The van der Waals surface area contributed by atoms with Crippen molar-refractivity contribution in [2.24, 2.45) is 5.92 Å². The topological polar surface area (TPSA) is 57.8 Å². The number of aromatic nitrogens is 2. The van der Waals surface area contributed by atoms with E-state index >= 15 is 0 Å². The third kappa shape index (κ3) is 2.89. The predicted octanol–water partition coefficient (Wildman–Crippen LogP) is 2.16. The van der Waals surface area contributed by atoms with E-state index in [4.69, 9.17) is 0 Å². The van der Waals surface area contributed by atoms with Crippen LogP contribution in [0.2, 0.25) is 0 Å². The fraction of sp³-hybridized carbons (Fsp3) is 0.385. The molecule has 0 aliphatic rings. The van der Waals surface area contributed by atoms with Gasteiger partial charge in [-0.3, -0.25) is 4.79 Å². The van der Waals surface area contributed by atoms with Gasteiger partial charge in [-0.15, -0.1) is 0 Å². The lowest BCUT2D eigenvalue weighted by Crippen LogP contribution is -2.29. The number of H-pyrrole nitrogens is 1. The van der Waals surface area contributed by atoms with Crippen LogP contribution in [0, 0.1) is 17.6 Å². The van der Waals surface area contributed by atoms with Crippen LogP contribution in [0.15, 0.2) is 12.1 Å². The number of hydrogen-bond acceptors (Lipinski definition) is 2. The van der Waals surface area contributed by atoms with Crippen LogP contribution in [-0.2, 0) is 11.2 Å². The van der Waals surface area contributed by atoms with Gasteiger partial charge in [-0.1, -0.05) is 13.8 Å². The zero-order valence-electron chi connectivity index (χ0n) is 10.8. The highest BCUT2D eigenvalue weighted by Crippen LogP contribution is 2.18. The number of nitrogens with one attached hydrogen (secondary N) is 2. The SMILES string of the molecule is CC(C)C(=O)NCCc1nc2c(F)c(F)ccc2[nH]1. The molecule has 1 heterocycles. The summed E-state index contributed by atoms with van der Waals surface area (Å²) < 4.78 is 26.5. The van der Waals surface area contributed by atoms with Crippen molar-refractivity contribution in [2.75, 3.05) is 6.54 Å². The smallest absolute Gasteiger partial charge is 0.222 e. The lowest BCUT2D eigenvalue weighted by molar-refractivity contribution is -0.123. The lowest BCUT2D eigenvalue weighted by atomic mass is 10.2. The molecule has 19 heavy (non-hydrogen) atoms. The molecular formula is C13H15F2N3O. The Hall–Kier alpha value is -1.98. The van der Waals surface area contributed by atoms with Crippen molar-refractivity contribution in [2.45, 2.75) is 20.3 Å². The molecule has 4 nitrogen and oxygen atoms in total. The first-order valence-corrected chi connectivity index (χ1v) is 6.09. The quantitative estimate of drug-likeness (QED) is 0.891. The molecule has 0 fully saturated rings. The molecule has 0 saturated carbocycles. The van der Waals surface area contributed by atoms with E-state index in [9.17, 15) is 13.6 Å². The number of carbonyl (C=O) groups excluding carboxylic acids is 1. The number of hydrogen-bond donors (Lipinski definition) is 2. The maximum atomic E-state index is 13.4. The normalized spacial score (nSPS) is 11.2. The number of carbonyl (C=O) groups is 1. The van der Waals surface area contributed by atoms with Gasteiger partial charge in [-0.2, -0.15) is 0 Å². The molecule has 0 saturated heterocycles. The Bertz CT molecular complexity index is 607. The molecule has 1 aromatic heterocycles. The number of imidazole rings is 1. The number of halogens is 2. The van der Waals surface area contributed by atoms with E-state index in [-0.39, 0.29) is 17.3 Å². The molecule has 1 amide bonds. The summed E-state index contributed by atoms with van der Waals surface area (Å²) >= 11 is 0. The highest BCUT2D eigenvalue weighted by atomic mass is 19.2. The second-order valence-corrected chi connectivity index (χ2v) is 4.64. The minimum absolute atomic E-state index is 0.00909. The summed E-state index contributed by atoms with van der Waals surface area (Å²) in [5, 5.41) is 2.73. The average molecular weight is 267 g/mol. The average Bonchev–Trinajstić information content (AvgIpc) is 2.77. The molecule has 0 unspecified atom stereocenters. The summed E-state index contributed by atoms with van der Waals surface area (Å²) in [6.07, 6.45) is 0.439. The zero-order chi connectivity index (χ0) is 14.0. The van der Waals surface area contributed by atoms with E-state index in [1.165, 1.54) is 6.07 Å². The summed E-state index contributed by atoms with van der Waals surface area (Å²) in [5.74, 6) is -1.48. The van der Waals surface area contributed by atoms with E-state index in [0.717, 1.165) is 6.07 Å². The highest BCUT2D eigenvalue weighted by molar-refractivity contribution is 5.78. The van der Waals surface area contributed by atoms with Gasteiger partial charge in [0.2, 0.25) is 5.91 Å². The van der Waals surface area contributed by atoms with Crippen LogP contribution in [0.1, 0.15) is 19.7 Å². The first-order valence-electron chi connectivity index (χ1n) is 6.09. The van der Waals surface area contributed by atoms with Crippen molar-refractivity contribution in [1.29, 1.82) is 0 Å². The van der Waals surface area contributed by atoms with Crippen LogP contribution in [0.25, 0.3) is 11.0 Å². The molecule has 2 aromatic rings. The summed E-state index contributed by atoms with van der Waals surface area (Å²) in [6, 6.07) is 2.50. The van der Waals surface area contributed by atoms with E-state index in [2.05, 4.69) is 15.3 Å². The van der Waals surface area contributed by atoms with Gasteiger partial charge < -0.3 is 10.3 Å². The molecule has 0 aliphatic carbocycles. The standard InChI is InChI=1S/C13H15F2N3O/c1-7(2)13(19)16-6-5-10-17-9-4-3-8(14)11(15)12(9)18-10/h3-4,7H,5-6H2,1-2H3,(H,16,19)(H,17,18). The highest BCUT2D eigenvalue weighted by Gasteiger charge is 2.12. The number of benzene rings is 1. The van der Waals surface area contributed by atoms with Crippen molar-refractivity contribution in [1.82, 2.24) is 15.3 Å². The van der Waals surface area contributed by atoms with Gasteiger partial charge in [0.1, 0.15) is 11.3 Å². The monoisotopic (exact) mass is 267 g/mol. The molecule has 1 aromatic carbocycles. The lowest BCUT2D eigenvalue weighted by Gasteiger charge is -2.05. The Morgan fingerprint density at radius 3 is 2.84 bits per heavy atom. The molecule has 0 aliphatic heterocycles. The molecule has 0 radical (unpaired) electrons. The third-order valence-electron chi connectivity index (χ3n) is 2.78. The molecule has 102 valence electrons. The van der Waals surface area contributed by atoms with Crippen LogP contribution in [0.4, 0.5) is 8.78 Å². The Morgan fingerprint density at radius 2 is 2.16 bits per heavy atom. The third-order valence-corrected chi connectivity index (χ3v) is 2.78. The summed E-state index contributed by atoms with van der Waals surface area (Å²) in [6.45, 7) is 4.00. The molecule has 0 bridgehead atoms. The van der Waals surface area contributed by atoms with Crippen LogP contribution in [-0.4, -0.2) is 22.4 Å². The Kier molecular flexibility index (Phi) is 3.78. The summed E-state index contributed by atoms with van der Waals surface area (Å²) in [5.41, 5.74) is 0.439. The van der Waals surface area contributed by atoms with Crippen molar-refractivity contribution >= 4 is 16.9 Å². The molecular weight excluding hydrogens is 252 g/mol. The van der Waals surface area contributed by atoms with Crippen molar-refractivity contribution in [3.63, 3.8) is 0 Å². The van der Waals surface area contributed by atoms with Crippen LogP contribution < -0.4 is 5.32 Å². The van der Waals surface area contributed by atoms with Gasteiger partial charge in [-0.05, 0) is 12.1 Å². The van der Waals surface area contributed by atoms with E-state index in [1.807, 2.05) is 0 Å². The zero-order valence-corrected chi connectivity index (χ0v) is 10.8. The molecule has 2 N–H and O–H groups in total. The number of rotatable bonds is 4. The summed E-state index contributed by atoms with van der Waals surface area (Å²) in [7, 11) is 0. The Balaban J connectivity index is 2.06. The second kappa shape index (κ2) is 5.34. The van der Waals surface area contributed by atoms with Gasteiger partial charge in [0.05, 0.1) is 5.52 Å². The largest absolute Gasteiger partial charge is 0.355 e. The van der Waals surface area contributed by atoms with E-state index in [0.29, 0.717) is 24.3 Å². The number of aromatic amines is 1. The fourth-order valence-corrected chi connectivity index (χ4v) is 1.70. The van der Waals surface area contributed by atoms with Gasteiger partial charge >= 0.3 is 0 Å². The first-order chi connectivity index (χ1) is 8.99. The minimum atomic E-state index is -0.953. The van der Waals surface area contributed by atoms with Crippen molar-refractivity contribution < 1.29 is 13.6 Å². The Labute approximate surface area is 109 Å². The van der Waals surface area contributed by atoms with Gasteiger partial charge in [0.25, 0.3) is 0 Å². The molecule has 2 rings (SSSR count). The van der Waals surface area contributed by atoms with E-state index in [1.54, 1.807) is 13.8 Å². The Morgan fingerprint density at radius 1 is 1.42 bits per heavy atom. The second-order valence-electron chi connectivity index (χ2n) is 4.64. The van der Waals surface area contributed by atoms with Crippen LogP contribution in [0.3, 0.4) is 0 Å². The number of nitrogens with zero attached hydrogens (tertiary/aromatic N) is 1. The van der Waals surface area contributed by atoms with Crippen LogP contribution >= 0.6 is 0 Å². The minimum Gasteiger partial charge on any atom is -0.355 e. The fourth-order valence-electron chi connectivity index (χ4n) is 1.70. The maximum absolute atomic E-state index is 13.4. The van der Waals surface area contributed by atoms with Crippen LogP contribution in [0.5, 0.6) is 0 Å². The number of fused-ring (bicyclic) bond motifs is 1. The van der Waals surface area contributed by atoms with Gasteiger partial charge in [0, 0.05) is 18.9 Å². The van der Waals surface area contributed by atoms with Gasteiger partial charge in [0.15, 0.2) is 11.6 Å². The van der Waals surface area contributed by atoms with Crippen molar-refractivity contribution in [3.8, 4) is 0 Å². The molecule has 0 spiro atoms. The molecule has 6 heteroatoms. The molecule has 0 atom stereocenters. The summed E-state index contributed by atoms with van der Waals surface area (Å²) in [4.78, 5) is 18.2. The van der Waals surface area contributed by atoms with Crippen molar-refractivity contribution in [3.05, 3.63) is 29.6 Å². The van der Waals surface area contributed by atoms with E-state index < -0.39 is 11.6 Å². The predicted molar refractivity (Wildman–Crippen MR) is 67.6 cm³/mol. The number of amides is 1. The first kappa shape index (κ1) is 13.5. The maximum Gasteiger partial charge on any atom is 0.222 e.